The summed E-state index contributed by atoms with van der Waals surface area (Å²) in [6.45, 7) is 10.8. The summed E-state index contributed by atoms with van der Waals surface area (Å²) in [5, 5.41) is 3.23. The van der Waals surface area contributed by atoms with Crippen LogP contribution in [-0.2, 0) is 0 Å². The Labute approximate surface area is 64.5 Å². The highest BCUT2D eigenvalue weighted by molar-refractivity contribution is 4.93. The van der Waals surface area contributed by atoms with Gasteiger partial charge in [0.15, 0.2) is 0 Å². The average Bonchev–Trinajstić information content (AvgIpc) is 1.78. The fraction of sp³-hybridized carbons (Fsp3) is 0.778. The van der Waals surface area contributed by atoms with Crippen molar-refractivity contribution < 1.29 is 0 Å². The minimum atomic E-state index is 0.329. The molecule has 1 heteroatoms. The third-order valence-corrected chi connectivity index (χ3v) is 1.13. The van der Waals surface area contributed by atoms with E-state index < -0.39 is 0 Å². The first kappa shape index (κ1) is 9.70. The third kappa shape index (κ3) is 7.70. The predicted molar refractivity (Wildman–Crippen MR) is 47.1 cm³/mol. The SMILES string of the molecule is CCNCC=CC(C)(C)C. The number of hydrogen-bond acceptors (Lipinski definition) is 1. The summed E-state index contributed by atoms with van der Waals surface area (Å²) in [5.41, 5.74) is 0.329. The second kappa shape index (κ2) is 4.51. The van der Waals surface area contributed by atoms with Crippen molar-refractivity contribution in [3.05, 3.63) is 12.2 Å². The van der Waals surface area contributed by atoms with Crippen molar-refractivity contribution >= 4 is 0 Å². The molecule has 60 valence electrons. The van der Waals surface area contributed by atoms with Crippen LogP contribution in [0.3, 0.4) is 0 Å². The second-order valence-electron chi connectivity index (χ2n) is 3.58. The highest BCUT2D eigenvalue weighted by atomic mass is 14.8. The van der Waals surface area contributed by atoms with E-state index in [-0.39, 0.29) is 0 Å². The molecule has 0 bridgehead atoms. The van der Waals surface area contributed by atoms with Crippen molar-refractivity contribution in [2.45, 2.75) is 27.7 Å². The molecule has 0 amide bonds. The van der Waals surface area contributed by atoms with Crippen molar-refractivity contribution in [3.8, 4) is 0 Å². The summed E-state index contributed by atoms with van der Waals surface area (Å²) in [6, 6.07) is 0. The molecule has 0 saturated heterocycles. The molecule has 1 nitrogen and oxygen atoms in total. The standard InChI is InChI=1S/C9H19N/c1-5-10-8-6-7-9(2,3)4/h6-7,10H,5,8H2,1-4H3. The monoisotopic (exact) mass is 141 g/mol. The Hall–Kier alpha value is -0.300. The van der Waals surface area contributed by atoms with E-state index in [2.05, 4.69) is 45.2 Å². The van der Waals surface area contributed by atoms with Gasteiger partial charge < -0.3 is 5.32 Å². The van der Waals surface area contributed by atoms with Gasteiger partial charge in [0.05, 0.1) is 0 Å². The fourth-order valence-electron chi connectivity index (χ4n) is 0.640. The molecule has 0 saturated carbocycles. The molecule has 1 N–H and O–H groups in total. The summed E-state index contributed by atoms with van der Waals surface area (Å²) in [5.74, 6) is 0. The lowest BCUT2D eigenvalue weighted by Crippen LogP contribution is -2.12. The van der Waals surface area contributed by atoms with Crippen LogP contribution in [0.5, 0.6) is 0 Å². The maximum Gasteiger partial charge on any atom is 0.0134 e. The van der Waals surface area contributed by atoms with Gasteiger partial charge in [0.25, 0.3) is 0 Å². The molecule has 0 aromatic rings. The maximum atomic E-state index is 3.23. The summed E-state index contributed by atoms with van der Waals surface area (Å²) < 4.78 is 0. The zero-order chi connectivity index (χ0) is 8.04. The normalized spacial score (nSPS) is 12.8. The summed E-state index contributed by atoms with van der Waals surface area (Å²) >= 11 is 0. The van der Waals surface area contributed by atoms with Gasteiger partial charge in [-0.15, -0.1) is 0 Å². The highest BCUT2D eigenvalue weighted by Crippen LogP contribution is 2.13. The molecule has 0 fully saturated rings. The van der Waals surface area contributed by atoms with Gasteiger partial charge in [-0.25, -0.2) is 0 Å². The highest BCUT2D eigenvalue weighted by Gasteiger charge is 2.01. The molecule has 0 heterocycles. The Morgan fingerprint density at radius 2 is 1.90 bits per heavy atom. The molecule has 0 aromatic heterocycles. The largest absolute Gasteiger partial charge is 0.314 e. The smallest absolute Gasteiger partial charge is 0.0134 e. The van der Waals surface area contributed by atoms with Gasteiger partial charge in [-0.05, 0) is 12.0 Å². The van der Waals surface area contributed by atoms with Crippen molar-refractivity contribution in [1.82, 2.24) is 5.32 Å². The van der Waals surface area contributed by atoms with E-state index in [0.717, 1.165) is 13.1 Å². The maximum absolute atomic E-state index is 3.23. The minimum absolute atomic E-state index is 0.329. The Bertz CT molecular complexity index is 97.8. The molecular formula is C9H19N. The molecule has 0 rings (SSSR count). The Balaban J connectivity index is 3.37. The molecule has 0 aromatic carbocycles. The number of hydrogen-bond donors (Lipinski definition) is 1. The second-order valence-corrected chi connectivity index (χ2v) is 3.58. The van der Waals surface area contributed by atoms with Crippen LogP contribution in [0.1, 0.15) is 27.7 Å². The molecule has 0 atom stereocenters. The van der Waals surface area contributed by atoms with E-state index in [1.54, 1.807) is 0 Å². The summed E-state index contributed by atoms with van der Waals surface area (Å²) in [4.78, 5) is 0. The van der Waals surface area contributed by atoms with Crippen LogP contribution in [0, 0.1) is 5.41 Å². The van der Waals surface area contributed by atoms with Crippen molar-refractivity contribution in [2.75, 3.05) is 13.1 Å². The Morgan fingerprint density at radius 3 is 2.30 bits per heavy atom. The first-order valence-corrected chi connectivity index (χ1v) is 3.94. The van der Waals surface area contributed by atoms with Crippen molar-refractivity contribution in [3.63, 3.8) is 0 Å². The van der Waals surface area contributed by atoms with E-state index in [1.807, 2.05) is 0 Å². The van der Waals surface area contributed by atoms with Crippen molar-refractivity contribution in [1.29, 1.82) is 0 Å². The van der Waals surface area contributed by atoms with E-state index in [9.17, 15) is 0 Å². The van der Waals surface area contributed by atoms with Gasteiger partial charge in [0.1, 0.15) is 0 Å². The topological polar surface area (TPSA) is 12.0 Å². The number of nitrogens with one attached hydrogen (secondary N) is 1. The molecular weight excluding hydrogens is 122 g/mol. The van der Waals surface area contributed by atoms with Crippen LogP contribution in [-0.4, -0.2) is 13.1 Å². The zero-order valence-corrected chi connectivity index (χ0v) is 7.57. The average molecular weight is 141 g/mol. The van der Waals surface area contributed by atoms with Crippen LogP contribution in [0.4, 0.5) is 0 Å². The summed E-state index contributed by atoms with van der Waals surface area (Å²) in [7, 11) is 0. The number of allylic oxidation sites excluding steroid dienone is 1. The number of rotatable bonds is 3. The van der Waals surface area contributed by atoms with Crippen LogP contribution in [0.2, 0.25) is 0 Å². The molecule has 0 aliphatic heterocycles. The van der Waals surface area contributed by atoms with Gasteiger partial charge in [-0.1, -0.05) is 39.8 Å². The van der Waals surface area contributed by atoms with Crippen LogP contribution in [0.15, 0.2) is 12.2 Å². The third-order valence-electron chi connectivity index (χ3n) is 1.13. The first-order chi connectivity index (χ1) is 4.56. The Kier molecular flexibility index (Phi) is 4.37. The lowest BCUT2D eigenvalue weighted by atomic mass is 9.96. The molecule has 0 aliphatic carbocycles. The minimum Gasteiger partial charge on any atom is -0.314 e. The van der Waals surface area contributed by atoms with E-state index in [1.165, 1.54) is 0 Å². The van der Waals surface area contributed by atoms with Gasteiger partial charge in [0, 0.05) is 6.54 Å². The van der Waals surface area contributed by atoms with Crippen molar-refractivity contribution in [2.24, 2.45) is 5.41 Å². The quantitative estimate of drug-likeness (QED) is 0.469. The van der Waals surface area contributed by atoms with Gasteiger partial charge in [-0.3, -0.25) is 0 Å². The predicted octanol–water partition coefficient (Wildman–Crippen LogP) is 2.20. The first-order valence-electron chi connectivity index (χ1n) is 3.94. The molecule has 0 radical (unpaired) electrons. The van der Waals surface area contributed by atoms with Crippen LogP contribution >= 0.6 is 0 Å². The van der Waals surface area contributed by atoms with Gasteiger partial charge >= 0.3 is 0 Å². The van der Waals surface area contributed by atoms with E-state index in [0.29, 0.717) is 5.41 Å². The fourth-order valence-corrected chi connectivity index (χ4v) is 0.640. The molecule has 0 unspecified atom stereocenters. The van der Waals surface area contributed by atoms with Gasteiger partial charge in [0.2, 0.25) is 0 Å². The zero-order valence-electron chi connectivity index (χ0n) is 7.57. The molecule has 10 heavy (non-hydrogen) atoms. The summed E-state index contributed by atoms with van der Waals surface area (Å²) in [6.07, 6.45) is 4.42. The van der Waals surface area contributed by atoms with E-state index >= 15 is 0 Å². The lowest BCUT2D eigenvalue weighted by Gasteiger charge is -2.10. The Morgan fingerprint density at radius 1 is 1.30 bits per heavy atom. The van der Waals surface area contributed by atoms with E-state index in [4.69, 9.17) is 0 Å². The van der Waals surface area contributed by atoms with Crippen LogP contribution < -0.4 is 5.32 Å². The lowest BCUT2D eigenvalue weighted by molar-refractivity contribution is 0.541. The number of likely N-dealkylation sites (N-methyl/N-ethyl adjacent to an activating group) is 1. The molecule has 0 spiro atoms. The molecule has 0 aliphatic rings. The van der Waals surface area contributed by atoms with Gasteiger partial charge in [-0.2, -0.15) is 0 Å². The van der Waals surface area contributed by atoms with Crippen LogP contribution in [0.25, 0.3) is 0 Å².